The lowest BCUT2D eigenvalue weighted by Crippen LogP contribution is -2.50. The summed E-state index contributed by atoms with van der Waals surface area (Å²) in [4.78, 5) is 29.3. The number of piperidine rings is 1. The normalized spacial score (nSPS) is 18.5. The number of rotatable bonds is 2. The van der Waals surface area contributed by atoms with Crippen molar-refractivity contribution in [3.05, 3.63) is 46.8 Å². The Hall–Kier alpha value is -2.63. The first-order valence-corrected chi connectivity index (χ1v) is 9.01. The molecule has 2 aromatic rings. The highest BCUT2D eigenvalue weighted by atomic mass is 16.5. The van der Waals surface area contributed by atoms with Crippen LogP contribution in [0.3, 0.4) is 0 Å². The number of likely N-dealkylation sites (tertiary alicyclic amines) is 1. The molecule has 1 spiro atoms. The number of hydrogen-bond acceptors (Lipinski definition) is 4. The summed E-state index contributed by atoms with van der Waals surface area (Å²) in [7, 11) is 1.84. The number of para-hydroxylation sites is 1. The van der Waals surface area contributed by atoms with Crippen molar-refractivity contribution in [2.45, 2.75) is 38.5 Å². The number of anilines is 1. The number of carbonyl (C=O) groups is 2. The van der Waals surface area contributed by atoms with E-state index in [1.165, 1.54) is 0 Å². The van der Waals surface area contributed by atoms with Crippen LogP contribution in [-0.2, 0) is 21.4 Å². The zero-order valence-electron chi connectivity index (χ0n) is 15.4. The van der Waals surface area contributed by atoms with Crippen LogP contribution in [0.25, 0.3) is 0 Å². The van der Waals surface area contributed by atoms with E-state index < -0.39 is 5.41 Å². The van der Waals surface area contributed by atoms with Crippen molar-refractivity contribution >= 4 is 17.5 Å². The minimum absolute atomic E-state index is 0.0707. The average molecular weight is 353 g/mol. The molecule has 2 aliphatic rings. The molecule has 4 rings (SSSR count). The number of aromatic nitrogens is 1. The molecular weight excluding hydrogens is 330 g/mol. The SMILES string of the molecule is Cc1noc(C)c1CC(=O)N1CCC2(CC1)C(=O)N(C)c1ccccc12. The molecule has 2 amide bonds. The monoisotopic (exact) mass is 353 g/mol. The predicted octanol–water partition coefficient (Wildman–Crippen LogP) is 2.37. The number of benzene rings is 1. The van der Waals surface area contributed by atoms with Crippen LogP contribution < -0.4 is 4.90 Å². The topological polar surface area (TPSA) is 66.7 Å². The van der Waals surface area contributed by atoms with Gasteiger partial charge in [0, 0.05) is 31.4 Å². The van der Waals surface area contributed by atoms with Crippen molar-refractivity contribution < 1.29 is 14.1 Å². The van der Waals surface area contributed by atoms with E-state index >= 15 is 0 Å². The van der Waals surface area contributed by atoms with Crippen molar-refractivity contribution in [1.82, 2.24) is 10.1 Å². The Morgan fingerprint density at radius 2 is 1.92 bits per heavy atom. The molecule has 0 N–H and O–H groups in total. The molecule has 3 heterocycles. The molecule has 0 aliphatic carbocycles. The summed E-state index contributed by atoms with van der Waals surface area (Å²) < 4.78 is 5.15. The summed E-state index contributed by atoms with van der Waals surface area (Å²) in [6, 6.07) is 8.00. The van der Waals surface area contributed by atoms with Gasteiger partial charge in [-0.25, -0.2) is 0 Å². The van der Waals surface area contributed by atoms with E-state index in [1.54, 1.807) is 4.90 Å². The summed E-state index contributed by atoms with van der Waals surface area (Å²) >= 11 is 0. The van der Waals surface area contributed by atoms with Crippen molar-refractivity contribution in [2.24, 2.45) is 0 Å². The molecule has 1 saturated heterocycles. The minimum Gasteiger partial charge on any atom is -0.361 e. The average Bonchev–Trinajstić information content (AvgIpc) is 3.08. The Kier molecular flexibility index (Phi) is 3.86. The molecule has 26 heavy (non-hydrogen) atoms. The lowest BCUT2D eigenvalue weighted by molar-refractivity contribution is -0.135. The number of likely N-dealkylation sites (N-methyl/N-ethyl adjacent to an activating group) is 1. The van der Waals surface area contributed by atoms with E-state index in [2.05, 4.69) is 11.2 Å². The molecular formula is C20H23N3O3. The van der Waals surface area contributed by atoms with E-state index in [1.807, 2.05) is 44.0 Å². The number of carbonyl (C=O) groups excluding carboxylic acids is 2. The molecule has 136 valence electrons. The zero-order valence-corrected chi connectivity index (χ0v) is 15.4. The number of aryl methyl sites for hydroxylation is 2. The Balaban J connectivity index is 1.51. The van der Waals surface area contributed by atoms with Gasteiger partial charge in [-0.2, -0.15) is 0 Å². The van der Waals surface area contributed by atoms with Crippen LogP contribution in [-0.4, -0.2) is 42.0 Å². The Morgan fingerprint density at radius 1 is 1.23 bits per heavy atom. The molecule has 0 unspecified atom stereocenters. The molecule has 0 radical (unpaired) electrons. The fourth-order valence-electron chi connectivity index (χ4n) is 4.35. The van der Waals surface area contributed by atoms with E-state index in [4.69, 9.17) is 4.52 Å². The van der Waals surface area contributed by atoms with Crippen molar-refractivity contribution in [2.75, 3.05) is 25.0 Å². The second-order valence-electron chi connectivity index (χ2n) is 7.32. The van der Waals surface area contributed by atoms with Crippen LogP contribution >= 0.6 is 0 Å². The quantitative estimate of drug-likeness (QED) is 0.831. The van der Waals surface area contributed by atoms with E-state index in [0.717, 1.165) is 22.5 Å². The second kappa shape index (κ2) is 5.97. The summed E-state index contributed by atoms with van der Waals surface area (Å²) in [5.41, 5.74) is 3.26. The fourth-order valence-corrected chi connectivity index (χ4v) is 4.35. The number of amides is 2. The summed E-state index contributed by atoms with van der Waals surface area (Å²) in [6.45, 7) is 4.87. The van der Waals surface area contributed by atoms with Gasteiger partial charge >= 0.3 is 0 Å². The van der Waals surface area contributed by atoms with Gasteiger partial charge in [-0.1, -0.05) is 23.4 Å². The first kappa shape index (κ1) is 16.8. The van der Waals surface area contributed by atoms with Crippen molar-refractivity contribution in [1.29, 1.82) is 0 Å². The first-order chi connectivity index (χ1) is 12.4. The minimum atomic E-state index is -0.481. The van der Waals surface area contributed by atoms with Crippen LogP contribution in [0, 0.1) is 13.8 Å². The smallest absolute Gasteiger partial charge is 0.237 e. The zero-order chi connectivity index (χ0) is 18.5. The van der Waals surface area contributed by atoms with Crippen LogP contribution in [0.15, 0.2) is 28.8 Å². The maximum atomic E-state index is 13.0. The van der Waals surface area contributed by atoms with Gasteiger partial charge in [0.1, 0.15) is 5.76 Å². The number of fused-ring (bicyclic) bond motifs is 2. The van der Waals surface area contributed by atoms with E-state index in [0.29, 0.717) is 38.1 Å². The van der Waals surface area contributed by atoms with Gasteiger partial charge in [0.05, 0.1) is 17.5 Å². The van der Waals surface area contributed by atoms with E-state index in [9.17, 15) is 9.59 Å². The highest BCUT2D eigenvalue weighted by Gasteiger charge is 2.51. The third kappa shape index (κ3) is 2.35. The largest absolute Gasteiger partial charge is 0.361 e. The lowest BCUT2D eigenvalue weighted by Gasteiger charge is -2.38. The second-order valence-corrected chi connectivity index (χ2v) is 7.32. The van der Waals surface area contributed by atoms with Crippen LogP contribution in [0.2, 0.25) is 0 Å². The Bertz CT molecular complexity index is 859. The highest BCUT2D eigenvalue weighted by Crippen LogP contribution is 2.47. The third-order valence-corrected chi connectivity index (χ3v) is 5.97. The molecule has 1 aromatic carbocycles. The maximum Gasteiger partial charge on any atom is 0.237 e. The highest BCUT2D eigenvalue weighted by molar-refractivity contribution is 6.07. The standard InChI is InChI=1S/C20H23N3O3/c1-13-15(14(2)26-21-13)12-18(24)23-10-8-20(9-11-23)16-6-4-5-7-17(16)22(3)19(20)25/h4-7H,8-12H2,1-3H3. The molecule has 0 atom stereocenters. The van der Waals surface area contributed by atoms with Gasteiger partial charge in [0.15, 0.2) is 0 Å². The fraction of sp³-hybridized carbons (Fsp3) is 0.450. The maximum absolute atomic E-state index is 13.0. The van der Waals surface area contributed by atoms with Crippen LogP contribution in [0.4, 0.5) is 5.69 Å². The molecule has 1 fully saturated rings. The molecule has 0 saturated carbocycles. The summed E-state index contributed by atoms with van der Waals surface area (Å²) in [5, 5.41) is 3.92. The number of hydrogen-bond donors (Lipinski definition) is 0. The molecule has 6 nitrogen and oxygen atoms in total. The third-order valence-electron chi connectivity index (χ3n) is 5.97. The summed E-state index contributed by atoms with van der Waals surface area (Å²) in [6.07, 6.45) is 1.64. The van der Waals surface area contributed by atoms with Crippen LogP contribution in [0.5, 0.6) is 0 Å². The molecule has 6 heteroatoms. The molecule has 1 aromatic heterocycles. The van der Waals surface area contributed by atoms with Gasteiger partial charge in [0.25, 0.3) is 0 Å². The van der Waals surface area contributed by atoms with Crippen LogP contribution in [0.1, 0.15) is 35.4 Å². The van der Waals surface area contributed by atoms with Gasteiger partial charge in [-0.15, -0.1) is 0 Å². The summed E-state index contributed by atoms with van der Waals surface area (Å²) in [5.74, 6) is 0.920. The Labute approximate surface area is 152 Å². The molecule has 2 aliphatic heterocycles. The first-order valence-electron chi connectivity index (χ1n) is 9.01. The molecule has 0 bridgehead atoms. The van der Waals surface area contributed by atoms with Gasteiger partial charge in [-0.3, -0.25) is 9.59 Å². The Morgan fingerprint density at radius 3 is 2.58 bits per heavy atom. The van der Waals surface area contributed by atoms with Gasteiger partial charge < -0.3 is 14.3 Å². The van der Waals surface area contributed by atoms with E-state index in [-0.39, 0.29) is 11.8 Å². The predicted molar refractivity (Wildman–Crippen MR) is 97.0 cm³/mol. The lowest BCUT2D eigenvalue weighted by atomic mass is 9.73. The van der Waals surface area contributed by atoms with Crippen molar-refractivity contribution in [3.63, 3.8) is 0 Å². The van der Waals surface area contributed by atoms with Crippen molar-refractivity contribution in [3.8, 4) is 0 Å². The van der Waals surface area contributed by atoms with Gasteiger partial charge in [0.2, 0.25) is 11.8 Å². The van der Waals surface area contributed by atoms with Gasteiger partial charge in [-0.05, 0) is 38.3 Å². The number of nitrogens with zero attached hydrogens (tertiary/aromatic N) is 3.